The number of ether oxygens (including phenoxy) is 1. The van der Waals surface area contributed by atoms with Crippen LogP contribution in [-0.2, 0) is 13.2 Å². The molecule has 3 aromatic rings. The molecule has 0 bridgehead atoms. The number of hydrogen-bond donors (Lipinski definition) is 2. The lowest BCUT2D eigenvalue weighted by Crippen LogP contribution is -2.23. The number of nitrogens with one attached hydrogen (secondary N) is 1. The lowest BCUT2D eigenvalue weighted by molar-refractivity contribution is 0.0950. The average molecular weight is 325 g/mol. The van der Waals surface area contributed by atoms with Crippen LogP contribution >= 0.6 is 0 Å². The molecule has 5 heteroatoms. The number of rotatable bonds is 5. The topological polar surface area (TPSA) is 71.7 Å². The van der Waals surface area contributed by atoms with Gasteiger partial charge in [0, 0.05) is 11.9 Å². The summed E-state index contributed by atoms with van der Waals surface area (Å²) < 4.78 is 10.9. The summed E-state index contributed by atoms with van der Waals surface area (Å²) in [4.78, 5) is 12.6. The van der Waals surface area contributed by atoms with Gasteiger partial charge in [-0.05, 0) is 36.2 Å². The van der Waals surface area contributed by atoms with E-state index in [9.17, 15) is 9.90 Å². The number of fused-ring (bicyclic) bond motifs is 1. The molecule has 24 heavy (non-hydrogen) atoms. The van der Waals surface area contributed by atoms with Gasteiger partial charge in [0.1, 0.15) is 17.1 Å². The molecule has 0 spiro atoms. The quantitative estimate of drug-likeness (QED) is 0.756. The summed E-state index contributed by atoms with van der Waals surface area (Å²) in [6, 6.07) is 12.8. The van der Waals surface area contributed by atoms with Gasteiger partial charge >= 0.3 is 0 Å². The van der Waals surface area contributed by atoms with Gasteiger partial charge in [0.15, 0.2) is 0 Å². The lowest BCUT2D eigenvalue weighted by Gasteiger charge is -2.09. The molecule has 0 saturated heterocycles. The molecule has 5 nitrogen and oxygen atoms in total. The van der Waals surface area contributed by atoms with Gasteiger partial charge in [-0.25, -0.2) is 0 Å². The number of aliphatic hydroxyl groups is 1. The smallest absolute Gasteiger partial charge is 0.255 e. The first-order valence-corrected chi connectivity index (χ1v) is 7.67. The van der Waals surface area contributed by atoms with Gasteiger partial charge in [-0.2, -0.15) is 0 Å². The van der Waals surface area contributed by atoms with Crippen LogP contribution in [0.15, 0.2) is 46.9 Å². The Morgan fingerprint density at radius 1 is 1.21 bits per heavy atom. The Labute approximate surface area is 139 Å². The zero-order chi connectivity index (χ0) is 17.1. The molecule has 0 unspecified atom stereocenters. The number of carbonyl (C=O) groups is 1. The first-order chi connectivity index (χ1) is 11.6. The fourth-order valence-corrected chi connectivity index (χ4v) is 2.76. The number of aryl methyl sites for hydroxylation is 1. The van der Waals surface area contributed by atoms with Crippen LogP contribution in [0, 0.1) is 6.92 Å². The molecule has 0 radical (unpaired) electrons. The van der Waals surface area contributed by atoms with Crippen molar-refractivity contribution in [1.29, 1.82) is 0 Å². The van der Waals surface area contributed by atoms with Crippen molar-refractivity contribution in [2.24, 2.45) is 0 Å². The molecule has 0 saturated carbocycles. The zero-order valence-electron chi connectivity index (χ0n) is 13.6. The van der Waals surface area contributed by atoms with Gasteiger partial charge in [0.25, 0.3) is 5.91 Å². The Morgan fingerprint density at radius 2 is 1.96 bits per heavy atom. The van der Waals surface area contributed by atoms with Crippen molar-refractivity contribution in [1.82, 2.24) is 5.32 Å². The summed E-state index contributed by atoms with van der Waals surface area (Å²) >= 11 is 0. The van der Waals surface area contributed by atoms with Gasteiger partial charge in [0.2, 0.25) is 0 Å². The van der Waals surface area contributed by atoms with Crippen LogP contribution in [-0.4, -0.2) is 18.1 Å². The monoisotopic (exact) mass is 325 g/mol. The predicted molar refractivity (Wildman–Crippen MR) is 91.0 cm³/mol. The van der Waals surface area contributed by atoms with Crippen molar-refractivity contribution in [3.63, 3.8) is 0 Å². The van der Waals surface area contributed by atoms with Gasteiger partial charge in [-0.15, -0.1) is 0 Å². The summed E-state index contributed by atoms with van der Waals surface area (Å²) in [7, 11) is 1.58. The molecule has 0 aliphatic rings. The van der Waals surface area contributed by atoms with Crippen molar-refractivity contribution in [2.75, 3.05) is 7.11 Å². The zero-order valence-corrected chi connectivity index (χ0v) is 13.6. The van der Waals surface area contributed by atoms with E-state index in [1.807, 2.05) is 24.3 Å². The van der Waals surface area contributed by atoms with E-state index >= 15 is 0 Å². The normalized spacial score (nSPS) is 10.8. The first-order valence-electron chi connectivity index (χ1n) is 7.67. The molecule has 3 rings (SSSR count). The largest absolute Gasteiger partial charge is 0.497 e. The second kappa shape index (κ2) is 6.76. The van der Waals surface area contributed by atoms with Crippen molar-refractivity contribution in [3.05, 3.63) is 64.9 Å². The maximum Gasteiger partial charge on any atom is 0.255 e. The Balaban J connectivity index is 1.87. The number of carbonyl (C=O) groups excluding carboxylic acids is 1. The van der Waals surface area contributed by atoms with E-state index in [0.717, 1.165) is 16.5 Å². The summed E-state index contributed by atoms with van der Waals surface area (Å²) in [6.45, 7) is 2.05. The number of aliphatic hydroxyl groups excluding tert-OH is 1. The summed E-state index contributed by atoms with van der Waals surface area (Å²) in [5.41, 5.74) is 2.84. The fraction of sp³-hybridized carbons (Fsp3) is 0.211. The van der Waals surface area contributed by atoms with Gasteiger partial charge < -0.3 is 19.6 Å². The van der Waals surface area contributed by atoms with Crippen molar-refractivity contribution in [3.8, 4) is 5.75 Å². The summed E-state index contributed by atoms with van der Waals surface area (Å²) in [5.74, 6) is 1.02. The lowest BCUT2D eigenvalue weighted by atomic mass is 10.1. The first kappa shape index (κ1) is 16.1. The Kier molecular flexibility index (Phi) is 4.53. The number of methoxy groups -OCH3 is 1. The molecule has 1 amide bonds. The van der Waals surface area contributed by atoms with E-state index < -0.39 is 0 Å². The van der Waals surface area contributed by atoms with Gasteiger partial charge in [-0.3, -0.25) is 4.79 Å². The molecule has 0 atom stereocenters. The number of amides is 1. The van der Waals surface area contributed by atoms with Gasteiger partial charge in [0.05, 0.1) is 19.3 Å². The molecule has 1 aromatic heterocycles. The second-order valence-corrected chi connectivity index (χ2v) is 5.50. The highest BCUT2D eigenvalue weighted by molar-refractivity contribution is 6.07. The van der Waals surface area contributed by atoms with Crippen LogP contribution in [0.1, 0.15) is 27.2 Å². The van der Waals surface area contributed by atoms with Crippen molar-refractivity contribution < 1.29 is 19.1 Å². The minimum atomic E-state index is -0.216. The van der Waals surface area contributed by atoms with Crippen molar-refractivity contribution >= 4 is 16.9 Å². The Hall–Kier alpha value is -2.79. The number of benzene rings is 2. The molecule has 0 fully saturated rings. The van der Waals surface area contributed by atoms with Gasteiger partial charge in [-0.1, -0.05) is 24.3 Å². The Bertz CT molecular complexity index is 882. The van der Waals surface area contributed by atoms with E-state index in [1.165, 1.54) is 0 Å². The standard InChI is InChI=1S/C19H19NO4/c1-12-18(16-9-15(23-2)7-8-17(16)24-12)19(22)20-10-13-5-3-4-6-14(13)11-21/h3-9,21H,10-11H2,1-2H3,(H,20,22). The molecular weight excluding hydrogens is 306 g/mol. The molecule has 2 N–H and O–H groups in total. The average Bonchev–Trinajstić information content (AvgIpc) is 2.94. The SMILES string of the molecule is COc1ccc2oc(C)c(C(=O)NCc3ccccc3CO)c2c1. The fourth-order valence-electron chi connectivity index (χ4n) is 2.76. The van der Waals surface area contributed by atoms with E-state index in [4.69, 9.17) is 9.15 Å². The van der Waals surface area contributed by atoms with E-state index in [0.29, 0.717) is 29.2 Å². The predicted octanol–water partition coefficient (Wildman–Crippen LogP) is 3.17. The third-order valence-corrected chi connectivity index (χ3v) is 4.03. The maximum atomic E-state index is 12.6. The molecule has 0 aliphatic heterocycles. The number of hydrogen-bond acceptors (Lipinski definition) is 4. The van der Waals surface area contributed by atoms with Crippen LogP contribution in [0.25, 0.3) is 11.0 Å². The minimum absolute atomic E-state index is 0.0586. The third-order valence-electron chi connectivity index (χ3n) is 4.03. The maximum absolute atomic E-state index is 12.6. The highest BCUT2D eigenvalue weighted by atomic mass is 16.5. The van der Waals surface area contributed by atoms with E-state index in [1.54, 1.807) is 32.2 Å². The molecule has 0 aliphatic carbocycles. The minimum Gasteiger partial charge on any atom is -0.497 e. The highest BCUT2D eigenvalue weighted by Crippen LogP contribution is 2.29. The summed E-state index contributed by atoms with van der Waals surface area (Å²) in [5, 5.41) is 13.0. The molecule has 2 aromatic carbocycles. The second-order valence-electron chi connectivity index (χ2n) is 5.50. The van der Waals surface area contributed by atoms with Crippen molar-refractivity contribution in [2.45, 2.75) is 20.1 Å². The molecule has 124 valence electrons. The molecular formula is C19H19NO4. The molecule has 1 heterocycles. The summed E-state index contributed by atoms with van der Waals surface area (Å²) in [6.07, 6.45) is 0. The number of furan rings is 1. The van der Waals surface area contributed by atoms with Crippen LogP contribution in [0.5, 0.6) is 5.75 Å². The van der Waals surface area contributed by atoms with E-state index in [2.05, 4.69) is 5.32 Å². The van der Waals surface area contributed by atoms with Crippen LogP contribution in [0.2, 0.25) is 0 Å². The van der Waals surface area contributed by atoms with Crippen LogP contribution in [0.3, 0.4) is 0 Å². The van der Waals surface area contributed by atoms with E-state index in [-0.39, 0.29) is 12.5 Å². The van der Waals surface area contributed by atoms with Crippen LogP contribution in [0.4, 0.5) is 0 Å². The van der Waals surface area contributed by atoms with Crippen LogP contribution < -0.4 is 10.1 Å². The Morgan fingerprint density at radius 3 is 2.67 bits per heavy atom. The third kappa shape index (κ3) is 2.98. The highest BCUT2D eigenvalue weighted by Gasteiger charge is 2.18.